The fourth-order valence-corrected chi connectivity index (χ4v) is 3.06. The lowest BCUT2D eigenvalue weighted by Crippen LogP contribution is -2.37. The van der Waals surface area contributed by atoms with Gasteiger partial charge in [-0.3, -0.25) is 4.90 Å². The third-order valence-corrected chi connectivity index (χ3v) is 4.24. The van der Waals surface area contributed by atoms with Gasteiger partial charge in [0, 0.05) is 17.9 Å². The molecule has 0 N–H and O–H groups in total. The van der Waals surface area contributed by atoms with E-state index in [1.54, 1.807) is 0 Å². The topological polar surface area (TPSA) is 6.48 Å². The minimum Gasteiger partial charge on any atom is -0.302 e. The van der Waals surface area contributed by atoms with E-state index in [2.05, 4.69) is 39.6 Å². The van der Waals surface area contributed by atoms with Gasteiger partial charge in [-0.2, -0.15) is 0 Å². The van der Waals surface area contributed by atoms with E-state index >= 15 is 0 Å². The van der Waals surface area contributed by atoms with Crippen LogP contribution in [0.5, 0.6) is 0 Å². The van der Waals surface area contributed by atoms with Gasteiger partial charge in [0.1, 0.15) is 0 Å². The maximum absolute atomic E-state index is 3.49. The Bertz CT molecular complexity index is 171. The summed E-state index contributed by atoms with van der Waals surface area (Å²) < 4.78 is 0. The molecule has 1 atom stereocenters. The molecule has 1 fully saturated rings. The van der Waals surface area contributed by atoms with Crippen molar-refractivity contribution in [2.75, 3.05) is 38.1 Å². The normalized spacial score (nSPS) is 22.1. The van der Waals surface area contributed by atoms with Crippen LogP contribution in [0.4, 0.5) is 0 Å². The molecular formula is C13H27BrN2. The zero-order valence-electron chi connectivity index (χ0n) is 10.9. The molecule has 1 aliphatic rings. The van der Waals surface area contributed by atoms with Gasteiger partial charge in [0.15, 0.2) is 0 Å². The monoisotopic (exact) mass is 290 g/mol. The summed E-state index contributed by atoms with van der Waals surface area (Å²) >= 11 is 3.49. The molecule has 0 radical (unpaired) electrons. The van der Waals surface area contributed by atoms with Crippen molar-refractivity contribution in [2.45, 2.75) is 45.6 Å². The minimum absolute atomic E-state index is 0.825. The smallest absolute Gasteiger partial charge is 0.0235 e. The Morgan fingerprint density at radius 3 is 2.56 bits per heavy atom. The number of hydrogen-bond donors (Lipinski definition) is 0. The highest BCUT2D eigenvalue weighted by Crippen LogP contribution is 2.16. The van der Waals surface area contributed by atoms with Gasteiger partial charge in [0.25, 0.3) is 0 Å². The van der Waals surface area contributed by atoms with Crippen LogP contribution >= 0.6 is 15.9 Å². The van der Waals surface area contributed by atoms with E-state index in [0.717, 1.165) is 11.4 Å². The molecule has 1 saturated heterocycles. The molecule has 2 nitrogen and oxygen atoms in total. The highest BCUT2D eigenvalue weighted by atomic mass is 79.9. The van der Waals surface area contributed by atoms with Gasteiger partial charge >= 0.3 is 0 Å². The molecule has 0 aromatic rings. The summed E-state index contributed by atoms with van der Waals surface area (Å²) in [4.78, 5) is 5.26. The van der Waals surface area contributed by atoms with Crippen molar-refractivity contribution in [3.8, 4) is 0 Å². The molecule has 0 aromatic heterocycles. The Morgan fingerprint density at radius 1 is 1.19 bits per heavy atom. The van der Waals surface area contributed by atoms with E-state index in [1.165, 1.54) is 58.4 Å². The molecule has 96 valence electrons. The van der Waals surface area contributed by atoms with Crippen LogP contribution in [0, 0.1) is 0 Å². The summed E-state index contributed by atoms with van der Waals surface area (Å²) in [5.74, 6) is 0. The Hall–Kier alpha value is 0.400. The van der Waals surface area contributed by atoms with Gasteiger partial charge in [0.2, 0.25) is 0 Å². The first-order chi connectivity index (χ1) is 7.81. The van der Waals surface area contributed by atoms with Crippen LogP contribution in [0.1, 0.15) is 39.5 Å². The molecular weight excluding hydrogens is 264 g/mol. The summed E-state index contributed by atoms with van der Waals surface area (Å²) in [7, 11) is 0. The standard InChI is InChI=1S/C13H27BrN2/c1-3-16(4-2)13-8-11-15(12-13)10-7-5-6-9-14/h13H,3-12H2,1-2H3. The van der Waals surface area contributed by atoms with Crippen LogP contribution in [-0.2, 0) is 0 Å². The molecule has 1 aliphatic heterocycles. The van der Waals surface area contributed by atoms with E-state index in [-0.39, 0.29) is 0 Å². The Morgan fingerprint density at radius 2 is 1.94 bits per heavy atom. The second kappa shape index (κ2) is 8.48. The van der Waals surface area contributed by atoms with Crippen LogP contribution in [0.2, 0.25) is 0 Å². The van der Waals surface area contributed by atoms with Crippen molar-refractivity contribution in [1.82, 2.24) is 9.80 Å². The van der Waals surface area contributed by atoms with Crippen molar-refractivity contribution in [3.05, 3.63) is 0 Å². The quantitative estimate of drug-likeness (QED) is 0.501. The van der Waals surface area contributed by atoms with Crippen LogP contribution < -0.4 is 0 Å². The Balaban J connectivity index is 2.14. The lowest BCUT2D eigenvalue weighted by Gasteiger charge is -2.26. The molecule has 0 spiro atoms. The largest absolute Gasteiger partial charge is 0.302 e. The van der Waals surface area contributed by atoms with Crippen LogP contribution in [-0.4, -0.2) is 53.9 Å². The minimum atomic E-state index is 0.825. The molecule has 0 bridgehead atoms. The van der Waals surface area contributed by atoms with Gasteiger partial charge in [-0.1, -0.05) is 36.2 Å². The van der Waals surface area contributed by atoms with Gasteiger partial charge in [0.05, 0.1) is 0 Å². The summed E-state index contributed by atoms with van der Waals surface area (Å²) in [6, 6.07) is 0.825. The third kappa shape index (κ3) is 4.72. The molecule has 0 aromatic carbocycles. The maximum Gasteiger partial charge on any atom is 0.0235 e. The van der Waals surface area contributed by atoms with Crippen molar-refractivity contribution < 1.29 is 0 Å². The predicted molar refractivity (Wildman–Crippen MR) is 75.4 cm³/mol. The molecule has 1 rings (SSSR count). The number of likely N-dealkylation sites (N-methyl/N-ethyl adjacent to an activating group) is 1. The average Bonchev–Trinajstić information content (AvgIpc) is 2.75. The number of nitrogens with zero attached hydrogens (tertiary/aromatic N) is 2. The summed E-state index contributed by atoms with van der Waals surface area (Å²) in [5, 5.41) is 1.16. The van der Waals surface area contributed by atoms with Crippen molar-refractivity contribution >= 4 is 15.9 Å². The molecule has 1 heterocycles. The molecule has 3 heteroatoms. The number of alkyl halides is 1. The average molecular weight is 291 g/mol. The first kappa shape index (κ1) is 14.5. The molecule has 0 aliphatic carbocycles. The first-order valence-corrected chi connectivity index (χ1v) is 7.96. The molecule has 1 unspecified atom stereocenters. The summed E-state index contributed by atoms with van der Waals surface area (Å²) in [6.45, 7) is 10.9. The van der Waals surface area contributed by atoms with Crippen molar-refractivity contribution in [1.29, 1.82) is 0 Å². The van der Waals surface area contributed by atoms with Gasteiger partial charge < -0.3 is 4.90 Å². The Labute approximate surface area is 109 Å². The highest BCUT2D eigenvalue weighted by molar-refractivity contribution is 9.09. The summed E-state index contributed by atoms with van der Waals surface area (Å²) in [6.07, 6.45) is 5.45. The zero-order valence-corrected chi connectivity index (χ0v) is 12.5. The number of likely N-dealkylation sites (tertiary alicyclic amines) is 1. The van der Waals surface area contributed by atoms with Crippen LogP contribution in [0.25, 0.3) is 0 Å². The first-order valence-electron chi connectivity index (χ1n) is 6.84. The zero-order chi connectivity index (χ0) is 11.8. The third-order valence-electron chi connectivity index (χ3n) is 3.68. The van der Waals surface area contributed by atoms with Crippen LogP contribution in [0.15, 0.2) is 0 Å². The predicted octanol–water partition coefficient (Wildman–Crippen LogP) is 2.97. The number of halogens is 1. The number of unbranched alkanes of at least 4 members (excludes halogenated alkanes) is 2. The van der Waals surface area contributed by atoms with Gasteiger partial charge in [-0.25, -0.2) is 0 Å². The maximum atomic E-state index is 3.49. The fourth-order valence-electron chi connectivity index (χ4n) is 2.66. The molecule has 0 amide bonds. The lowest BCUT2D eigenvalue weighted by molar-refractivity contribution is 0.210. The van der Waals surface area contributed by atoms with E-state index in [4.69, 9.17) is 0 Å². The summed E-state index contributed by atoms with van der Waals surface area (Å²) in [5.41, 5.74) is 0. The number of rotatable bonds is 8. The second-order valence-corrected chi connectivity index (χ2v) is 5.51. The van der Waals surface area contributed by atoms with Crippen molar-refractivity contribution in [2.24, 2.45) is 0 Å². The van der Waals surface area contributed by atoms with Crippen LogP contribution in [0.3, 0.4) is 0 Å². The Kier molecular flexibility index (Phi) is 7.67. The highest BCUT2D eigenvalue weighted by Gasteiger charge is 2.25. The van der Waals surface area contributed by atoms with Gasteiger partial charge in [-0.05, 0) is 45.4 Å². The number of hydrogen-bond acceptors (Lipinski definition) is 2. The SMILES string of the molecule is CCN(CC)C1CCN(CCCCCBr)C1. The molecule has 16 heavy (non-hydrogen) atoms. The van der Waals surface area contributed by atoms with E-state index in [0.29, 0.717) is 0 Å². The van der Waals surface area contributed by atoms with E-state index in [9.17, 15) is 0 Å². The second-order valence-electron chi connectivity index (χ2n) is 4.71. The van der Waals surface area contributed by atoms with Crippen molar-refractivity contribution in [3.63, 3.8) is 0 Å². The van der Waals surface area contributed by atoms with Gasteiger partial charge in [-0.15, -0.1) is 0 Å². The molecule has 0 saturated carbocycles. The van der Waals surface area contributed by atoms with E-state index in [1.807, 2.05) is 0 Å². The van der Waals surface area contributed by atoms with E-state index < -0.39 is 0 Å². The fraction of sp³-hybridized carbons (Fsp3) is 1.00. The lowest BCUT2D eigenvalue weighted by atomic mass is 10.2.